The number of hydrogen-bond donors (Lipinski definition) is 2. The van der Waals surface area contributed by atoms with Gasteiger partial charge in [0, 0.05) is 18.0 Å². The zero-order valence-electron chi connectivity index (χ0n) is 9.29. The maximum Gasteiger partial charge on any atom is 0.237 e. The molecule has 17 heavy (non-hydrogen) atoms. The Morgan fingerprint density at radius 3 is 2.53 bits per heavy atom. The summed E-state index contributed by atoms with van der Waals surface area (Å²) in [5, 5.41) is 6.23. The third-order valence-electron chi connectivity index (χ3n) is 2.89. The molecular formula is C8H15N5O3S. The molecule has 0 aliphatic carbocycles. The molecular weight excluding hydrogens is 246 g/mol. The average molecular weight is 261 g/mol. The van der Waals surface area contributed by atoms with Gasteiger partial charge in [0.1, 0.15) is 9.84 Å². The van der Waals surface area contributed by atoms with Crippen LogP contribution in [0, 0.1) is 0 Å². The second kappa shape index (κ2) is 5.35. The lowest BCUT2D eigenvalue weighted by Gasteiger charge is -2.34. The Balaban J connectivity index is 2.65. The Bertz CT molecular complexity index is 426. The summed E-state index contributed by atoms with van der Waals surface area (Å²) >= 11 is 0. The van der Waals surface area contributed by atoms with Crippen molar-refractivity contribution < 1.29 is 13.2 Å². The second-order valence-electron chi connectivity index (χ2n) is 3.98. The molecule has 0 spiro atoms. The van der Waals surface area contributed by atoms with E-state index >= 15 is 0 Å². The third kappa shape index (κ3) is 3.58. The third-order valence-corrected chi connectivity index (χ3v) is 4.54. The fraction of sp³-hybridized carbons (Fsp3) is 0.875. The van der Waals surface area contributed by atoms with E-state index in [1.807, 2.05) is 0 Å². The highest BCUT2D eigenvalue weighted by Gasteiger charge is 2.41. The fourth-order valence-electron chi connectivity index (χ4n) is 1.79. The Kier molecular flexibility index (Phi) is 4.33. The van der Waals surface area contributed by atoms with Crippen molar-refractivity contribution in [2.24, 2.45) is 10.8 Å². The summed E-state index contributed by atoms with van der Waals surface area (Å²) in [5.74, 6) is -0.664. The van der Waals surface area contributed by atoms with E-state index in [-0.39, 0.29) is 30.9 Å². The number of nitrogens with zero attached hydrogens (tertiary/aromatic N) is 3. The topological polar surface area (TPSA) is 138 Å². The lowest BCUT2D eigenvalue weighted by atomic mass is 9.91. The molecule has 3 N–H and O–H groups in total. The van der Waals surface area contributed by atoms with E-state index in [0.717, 1.165) is 0 Å². The van der Waals surface area contributed by atoms with Gasteiger partial charge in [-0.2, -0.15) is 0 Å². The van der Waals surface area contributed by atoms with Gasteiger partial charge in [-0.25, -0.2) is 8.42 Å². The van der Waals surface area contributed by atoms with Crippen LogP contribution >= 0.6 is 0 Å². The van der Waals surface area contributed by atoms with Crippen LogP contribution in [0.3, 0.4) is 0 Å². The standard InChI is InChI=1S/C8H15N5O3S/c9-7(14)8(11-3-4-12-13-10)1-5-17(15,16)6-2-8/h11H,1-6H2,(H2,9,14). The van der Waals surface area contributed by atoms with Gasteiger partial charge in [0.25, 0.3) is 0 Å². The van der Waals surface area contributed by atoms with Crippen molar-refractivity contribution in [2.45, 2.75) is 18.4 Å². The molecule has 1 rings (SSSR count). The molecule has 1 amide bonds. The highest BCUT2D eigenvalue weighted by molar-refractivity contribution is 7.91. The van der Waals surface area contributed by atoms with Crippen LogP contribution in [-0.4, -0.2) is 44.5 Å². The molecule has 8 nitrogen and oxygen atoms in total. The van der Waals surface area contributed by atoms with E-state index in [0.29, 0.717) is 6.54 Å². The molecule has 0 aromatic rings. The lowest BCUT2D eigenvalue weighted by Crippen LogP contribution is -2.59. The predicted octanol–water partition coefficient (Wildman–Crippen LogP) is -0.681. The number of sulfone groups is 1. The van der Waals surface area contributed by atoms with Crippen LogP contribution < -0.4 is 11.1 Å². The summed E-state index contributed by atoms with van der Waals surface area (Å²) in [4.78, 5) is 14.0. The number of azide groups is 1. The molecule has 9 heteroatoms. The molecule has 0 unspecified atom stereocenters. The van der Waals surface area contributed by atoms with E-state index in [4.69, 9.17) is 11.3 Å². The largest absolute Gasteiger partial charge is 0.368 e. The lowest BCUT2D eigenvalue weighted by molar-refractivity contribution is -0.124. The smallest absolute Gasteiger partial charge is 0.237 e. The first-order valence-electron chi connectivity index (χ1n) is 5.18. The quantitative estimate of drug-likeness (QED) is 0.293. The van der Waals surface area contributed by atoms with E-state index in [2.05, 4.69) is 15.3 Å². The highest BCUT2D eigenvalue weighted by atomic mass is 32.2. The van der Waals surface area contributed by atoms with Crippen LogP contribution in [0.4, 0.5) is 0 Å². The van der Waals surface area contributed by atoms with Crippen LogP contribution in [0.2, 0.25) is 0 Å². The Hall–Kier alpha value is -1.31. The SMILES string of the molecule is [N-]=[N+]=NCCNC1(C(N)=O)CCS(=O)(=O)CC1. The van der Waals surface area contributed by atoms with E-state index in [9.17, 15) is 13.2 Å². The molecule has 1 aliphatic heterocycles. The number of nitrogens with one attached hydrogen (secondary N) is 1. The van der Waals surface area contributed by atoms with E-state index < -0.39 is 21.3 Å². The average Bonchev–Trinajstić information content (AvgIpc) is 2.26. The van der Waals surface area contributed by atoms with Gasteiger partial charge >= 0.3 is 0 Å². The number of rotatable bonds is 5. The van der Waals surface area contributed by atoms with Crippen molar-refractivity contribution >= 4 is 15.7 Å². The van der Waals surface area contributed by atoms with Gasteiger partial charge in [0.05, 0.1) is 17.0 Å². The Morgan fingerprint density at radius 1 is 1.47 bits per heavy atom. The van der Waals surface area contributed by atoms with Crippen LogP contribution in [0.1, 0.15) is 12.8 Å². The zero-order chi connectivity index (χ0) is 12.9. The predicted molar refractivity (Wildman–Crippen MR) is 61.8 cm³/mol. The molecule has 1 heterocycles. The van der Waals surface area contributed by atoms with Gasteiger partial charge in [0.2, 0.25) is 5.91 Å². The van der Waals surface area contributed by atoms with Gasteiger partial charge in [-0.1, -0.05) is 5.11 Å². The number of nitrogens with two attached hydrogens (primary N) is 1. The van der Waals surface area contributed by atoms with Gasteiger partial charge < -0.3 is 11.1 Å². The second-order valence-corrected chi connectivity index (χ2v) is 6.28. The number of carbonyl (C=O) groups is 1. The summed E-state index contributed by atoms with van der Waals surface area (Å²) in [6.45, 7) is 0.491. The molecule has 1 aliphatic rings. The summed E-state index contributed by atoms with van der Waals surface area (Å²) in [7, 11) is -3.05. The van der Waals surface area contributed by atoms with Crippen LogP contribution in [0.15, 0.2) is 5.11 Å². The van der Waals surface area contributed by atoms with Crippen molar-refractivity contribution in [1.29, 1.82) is 0 Å². The molecule has 0 radical (unpaired) electrons. The van der Waals surface area contributed by atoms with Crippen molar-refractivity contribution in [3.05, 3.63) is 10.4 Å². The first kappa shape index (κ1) is 13.8. The molecule has 0 atom stereocenters. The van der Waals surface area contributed by atoms with Crippen LogP contribution in [0.25, 0.3) is 10.4 Å². The summed E-state index contributed by atoms with van der Waals surface area (Å²) in [6.07, 6.45) is 0.335. The van der Waals surface area contributed by atoms with Gasteiger partial charge in [-0.3, -0.25) is 4.79 Å². The molecule has 1 fully saturated rings. The van der Waals surface area contributed by atoms with Crippen LogP contribution in [-0.2, 0) is 14.6 Å². The Labute approximate surface area is 99.1 Å². The van der Waals surface area contributed by atoms with Crippen molar-refractivity contribution in [1.82, 2.24) is 5.32 Å². The number of carbonyl (C=O) groups excluding carboxylic acids is 1. The van der Waals surface area contributed by atoms with Gasteiger partial charge in [-0.05, 0) is 18.4 Å². The minimum Gasteiger partial charge on any atom is -0.368 e. The number of hydrogen-bond acceptors (Lipinski definition) is 5. The van der Waals surface area contributed by atoms with E-state index in [1.54, 1.807) is 0 Å². The normalized spacial score (nSPS) is 21.4. The molecule has 0 saturated carbocycles. The van der Waals surface area contributed by atoms with E-state index in [1.165, 1.54) is 0 Å². The molecule has 0 bridgehead atoms. The maximum absolute atomic E-state index is 11.4. The first-order valence-corrected chi connectivity index (χ1v) is 7.00. The fourth-order valence-corrected chi connectivity index (χ4v) is 3.31. The molecule has 0 aromatic heterocycles. The highest BCUT2D eigenvalue weighted by Crippen LogP contribution is 2.23. The summed E-state index contributed by atoms with van der Waals surface area (Å²) in [5.41, 5.74) is 12.4. The number of primary amides is 1. The van der Waals surface area contributed by atoms with Crippen molar-refractivity contribution in [3.63, 3.8) is 0 Å². The minimum atomic E-state index is -3.05. The Morgan fingerprint density at radius 2 is 2.06 bits per heavy atom. The van der Waals surface area contributed by atoms with Gasteiger partial charge in [0.15, 0.2) is 0 Å². The number of amides is 1. The van der Waals surface area contributed by atoms with Gasteiger partial charge in [-0.15, -0.1) is 0 Å². The monoisotopic (exact) mass is 261 g/mol. The van der Waals surface area contributed by atoms with Crippen molar-refractivity contribution in [3.8, 4) is 0 Å². The molecule has 1 saturated heterocycles. The maximum atomic E-state index is 11.4. The first-order chi connectivity index (χ1) is 7.92. The van der Waals surface area contributed by atoms with Crippen molar-refractivity contribution in [2.75, 3.05) is 24.6 Å². The summed E-state index contributed by atoms with van der Waals surface area (Å²) in [6, 6.07) is 0. The zero-order valence-corrected chi connectivity index (χ0v) is 10.1. The van der Waals surface area contributed by atoms with Crippen LogP contribution in [0.5, 0.6) is 0 Å². The minimum absolute atomic E-state index is 0.0511. The molecule has 0 aromatic carbocycles. The summed E-state index contributed by atoms with van der Waals surface area (Å²) < 4.78 is 22.6. The molecule has 96 valence electrons.